The van der Waals surface area contributed by atoms with E-state index in [4.69, 9.17) is 17.3 Å². The van der Waals surface area contributed by atoms with Gasteiger partial charge in [0, 0.05) is 11.6 Å². The van der Waals surface area contributed by atoms with Gasteiger partial charge in [0.1, 0.15) is 34.8 Å². The molecule has 0 amide bonds. The lowest BCUT2D eigenvalue weighted by molar-refractivity contribution is 0.585. The van der Waals surface area contributed by atoms with Crippen molar-refractivity contribution in [1.29, 1.82) is 5.26 Å². The van der Waals surface area contributed by atoms with Crippen LogP contribution in [0.4, 0.5) is 14.6 Å². The summed E-state index contributed by atoms with van der Waals surface area (Å²) in [6.45, 7) is 0. The molecule has 114 valence electrons. The topological polar surface area (TPSA) is 67.6 Å². The van der Waals surface area contributed by atoms with Crippen LogP contribution >= 0.6 is 11.6 Å². The second-order valence-corrected chi connectivity index (χ2v) is 5.12. The van der Waals surface area contributed by atoms with E-state index in [1.54, 1.807) is 24.3 Å². The Labute approximate surface area is 135 Å². The van der Waals surface area contributed by atoms with E-state index in [1.807, 2.05) is 6.07 Å². The van der Waals surface area contributed by atoms with E-state index in [1.165, 1.54) is 10.7 Å². The molecule has 0 saturated heterocycles. The Bertz CT molecular complexity index is 944. The van der Waals surface area contributed by atoms with E-state index in [9.17, 15) is 14.0 Å². The number of anilines is 1. The van der Waals surface area contributed by atoms with Gasteiger partial charge in [0.2, 0.25) is 0 Å². The molecule has 0 unspecified atom stereocenters. The summed E-state index contributed by atoms with van der Waals surface area (Å²) in [6.07, 6.45) is 0. The number of hydrogen-bond donors (Lipinski definition) is 1. The summed E-state index contributed by atoms with van der Waals surface area (Å²) in [6, 6.07) is 11.7. The van der Waals surface area contributed by atoms with Crippen LogP contribution in [0, 0.1) is 23.0 Å². The van der Waals surface area contributed by atoms with Gasteiger partial charge < -0.3 is 5.73 Å². The van der Waals surface area contributed by atoms with Crippen LogP contribution in [0.1, 0.15) is 5.56 Å². The van der Waals surface area contributed by atoms with E-state index < -0.39 is 11.6 Å². The minimum atomic E-state index is -0.828. The monoisotopic (exact) mass is 330 g/mol. The van der Waals surface area contributed by atoms with Crippen LogP contribution in [0.25, 0.3) is 16.9 Å². The summed E-state index contributed by atoms with van der Waals surface area (Å²) in [5, 5.41) is 13.9. The van der Waals surface area contributed by atoms with E-state index in [2.05, 4.69) is 5.10 Å². The van der Waals surface area contributed by atoms with E-state index in [-0.39, 0.29) is 22.6 Å². The molecule has 23 heavy (non-hydrogen) atoms. The summed E-state index contributed by atoms with van der Waals surface area (Å²) in [5.41, 5.74) is 6.42. The zero-order valence-electron chi connectivity index (χ0n) is 11.6. The van der Waals surface area contributed by atoms with E-state index >= 15 is 0 Å². The predicted octanol–water partition coefficient (Wildman–Crippen LogP) is 3.92. The number of nitrogen functional groups attached to an aromatic ring is 1. The van der Waals surface area contributed by atoms with Crippen molar-refractivity contribution in [3.05, 3.63) is 64.7 Å². The molecule has 0 spiro atoms. The van der Waals surface area contributed by atoms with E-state index in [0.717, 1.165) is 12.1 Å². The molecule has 1 aromatic heterocycles. The summed E-state index contributed by atoms with van der Waals surface area (Å²) < 4.78 is 28.3. The van der Waals surface area contributed by atoms with Crippen LogP contribution in [0.5, 0.6) is 0 Å². The fraction of sp³-hybridized carbons (Fsp3) is 0. The highest BCUT2D eigenvalue weighted by molar-refractivity contribution is 6.32. The van der Waals surface area contributed by atoms with Gasteiger partial charge in [-0.2, -0.15) is 10.4 Å². The van der Waals surface area contributed by atoms with Gasteiger partial charge in [0.25, 0.3) is 0 Å². The number of halogens is 3. The number of nitrogens with zero attached hydrogens (tertiary/aromatic N) is 3. The maximum absolute atomic E-state index is 14.0. The third-order valence-corrected chi connectivity index (χ3v) is 3.62. The number of rotatable bonds is 2. The Morgan fingerprint density at radius 1 is 1.17 bits per heavy atom. The molecule has 0 atom stereocenters. The van der Waals surface area contributed by atoms with Crippen LogP contribution in [0.2, 0.25) is 5.02 Å². The molecular weight excluding hydrogens is 322 g/mol. The Hall–Kier alpha value is -2.91. The maximum Gasteiger partial charge on any atom is 0.145 e. The second-order valence-electron chi connectivity index (χ2n) is 4.71. The lowest BCUT2D eigenvalue weighted by Crippen LogP contribution is -2.03. The number of hydrogen-bond acceptors (Lipinski definition) is 3. The molecule has 0 saturated carbocycles. The molecule has 1 heterocycles. The van der Waals surface area contributed by atoms with Gasteiger partial charge in [0.15, 0.2) is 0 Å². The second kappa shape index (κ2) is 5.71. The Morgan fingerprint density at radius 3 is 2.57 bits per heavy atom. The maximum atomic E-state index is 14.0. The van der Waals surface area contributed by atoms with Crippen molar-refractivity contribution in [2.75, 3.05) is 5.73 Å². The van der Waals surface area contributed by atoms with Crippen LogP contribution in [-0.4, -0.2) is 9.78 Å². The molecule has 3 rings (SSSR count). The van der Waals surface area contributed by atoms with Crippen LogP contribution in [0.3, 0.4) is 0 Å². The molecule has 3 aromatic rings. The van der Waals surface area contributed by atoms with E-state index in [0.29, 0.717) is 10.7 Å². The number of nitriles is 1. The summed E-state index contributed by atoms with van der Waals surface area (Å²) >= 11 is 6.11. The first-order chi connectivity index (χ1) is 11.0. The average molecular weight is 331 g/mol. The van der Waals surface area contributed by atoms with Gasteiger partial charge in [-0.05, 0) is 24.3 Å². The normalized spacial score (nSPS) is 10.5. The van der Waals surface area contributed by atoms with Crippen molar-refractivity contribution in [3.8, 4) is 23.0 Å². The summed E-state index contributed by atoms with van der Waals surface area (Å²) in [5.74, 6) is -1.52. The van der Waals surface area contributed by atoms with Crippen molar-refractivity contribution < 1.29 is 8.78 Å². The molecule has 4 nitrogen and oxygen atoms in total. The van der Waals surface area contributed by atoms with Crippen molar-refractivity contribution in [2.45, 2.75) is 0 Å². The molecule has 0 aliphatic rings. The molecule has 0 aliphatic heterocycles. The Kier molecular flexibility index (Phi) is 3.72. The highest BCUT2D eigenvalue weighted by atomic mass is 35.5. The van der Waals surface area contributed by atoms with Gasteiger partial charge in [-0.3, -0.25) is 0 Å². The number of para-hydroxylation sites is 1. The van der Waals surface area contributed by atoms with Crippen molar-refractivity contribution in [3.63, 3.8) is 0 Å². The first kappa shape index (κ1) is 15.0. The summed E-state index contributed by atoms with van der Waals surface area (Å²) in [4.78, 5) is 0. The highest BCUT2D eigenvalue weighted by Gasteiger charge is 2.21. The van der Waals surface area contributed by atoms with Gasteiger partial charge in [-0.25, -0.2) is 13.5 Å². The fourth-order valence-corrected chi connectivity index (χ4v) is 2.43. The zero-order valence-corrected chi connectivity index (χ0v) is 12.4. The Morgan fingerprint density at radius 2 is 1.91 bits per heavy atom. The summed E-state index contributed by atoms with van der Waals surface area (Å²) in [7, 11) is 0. The average Bonchev–Trinajstić information content (AvgIpc) is 2.84. The molecule has 2 N–H and O–H groups in total. The van der Waals surface area contributed by atoms with Crippen molar-refractivity contribution in [1.82, 2.24) is 9.78 Å². The molecule has 7 heteroatoms. The van der Waals surface area contributed by atoms with Gasteiger partial charge >= 0.3 is 0 Å². The first-order valence-electron chi connectivity index (χ1n) is 6.52. The molecule has 0 radical (unpaired) electrons. The van der Waals surface area contributed by atoms with Gasteiger partial charge in [-0.1, -0.05) is 23.7 Å². The minimum absolute atomic E-state index is 0.00423. The lowest BCUT2D eigenvalue weighted by Gasteiger charge is -2.05. The minimum Gasteiger partial charge on any atom is -0.382 e. The highest BCUT2D eigenvalue weighted by Crippen LogP contribution is 2.32. The quantitative estimate of drug-likeness (QED) is 0.774. The third-order valence-electron chi connectivity index (χ3n) is 3.30. The number of nitrogens with two attached hydrogens (primary N) is 1. The Balaban J connectivity index is 2.26. The molecule has 2 aromatic carbocycles. The fourth-order valence-electron chi connectivity index (χ4n) is 2.22. The molecule has 0 aliphatic carbocycles. The first-order valence-corrected chi connectivity index (χ1v) is 6.89. The lowest BCUT2D eigenvalue weighted by atomic mass is 10.1. The van der Waals surface area contributed by atoms with Crippen molar-refractivity contribution in [2.24, 2.45) is 0 Å². The van der Waals surface area contributed by atoms with Gasteiger partial charge in [0.05, 0.1) is 10.7 Å². The standard InChI is InChI=1S/C16H9ClF2N4/c17-12-3-1-2-4-14(12)23-16(21)11(8-20)15(22-23)10-6-5-9(18)7-13(10)19/h1-7H,21H2. The predicted molar refractivity (Wildman–Crippen MR) is 83.1 cm³/mol. The molecule has 0 fully saturated rings. The number of benzene rings is 2. The third kappa shape index (κ3) is 2.51. The van der Waals surface area contributed by atoms with Crippen LogP contribution in [-0.2, 0) is 0 Å². The molecular formula is C16H9ClF2N4. The zero-order chi connectivity index (χ0) is 16.6. The SMILES string of the molecule is N#Cc1c(-c2ccc(F)cc2F)nn(-c2ccccc2Cl)c1N. The van der Waals surface area contributed by atoms with Crippen molar-refractivity contribution >= 4 is 17.4 Å². The van der Waals surface area contributed by atoms with Crippen LogP contribution in [0.15, 0.2) is 42.5 Å². The molecule has 0 bridgehead atoms. The van der Waals surface area contributed by atoms with Crippen LogP contribution < -0.4 is 5.73 Å². The smallest absolute Gasteiger partial charge is 0.145 e. The largest absolute Gasteiger partial charge is 0.382 e. The number of aromatic nitrogens is 2. The van der Waals surface area contributed by atoms with Gasteiger partial charge in [-0.15, -0.1) is 0 Å².